The van der Waals surface area contributed by atoms with Crippen LogP contribution < -0.4 is 5.56 Å². The van der Waals surface area contributed by atoms with E-state index in [1.165, 1.54) is 10.9 Å². The maximum Gasteiger partial charge on any atom is 0.274 e. The van der Waals surface area contributed by atoms with Crippen LogP contribution in [0.3, 0.4) is 0 Å². The Bertz CT molecular complexity index is 632. The normalized spacial score (nSPS) is 10.9. The summed E-state index contributed by atoms with van der Waals surface area (Å²) in [6.45, 7) is 5.02. The summed E-state index contributed by atoms with van der Waals surface area (Å²) in [4.78, 5) is 15.7. The standard InChI is InChI=1S/C11H12Cl2N4O/c1-3-17-8(4-7(2)15-17)5-16-6-14-10(13)9(12)11(16)18/h4,6H,3,5H2,1-2H3. The smallest absolute Gasteiger partial charge is 0.274 e. The van der Waals surface area contributed by atoms with Gasteiger partial charge in [-0.15, -0.1) is 0 Å². The number of hydrogen-bond acceptors (Lipinski definition) is 3. The molecular weight excluding hydrogens is 275 g/mol. The second kappa shape index (κ2) is 5.12. The molecule has 18 heavy (non-hydrogen) atoms. The fourth-order valence-corrected chi connectivity index (χ4v) is 2.01. The third-order valence-corrected chi connectivity index (χ3v) is 3.28. The van der Waals surface area contributed by atoms with Gasteiger partial charge in [0.1, 0.15) is 5.02 Å². The molecule has 0 amide bonds. The highest BCUT2D eigenvalue weighted by Gasteiger charge is 2.10. The van der Waals surface area contributed by atoms with Crippen molar-refractivity contribution in [3.8, 4) is 0 Å². The van der Waals surface area contributed by atoms with Gasteiger partial charge in [-0.1, -0.05) is 23.2 Å². The zero-order chi connectivity index (χ0) is 13.3. The van der Waals surface area contributed by atoms with Gasteiger partial charge in [0.2, 0.25) is 0 Å². The average Bonchev–Trinajstić information content (AvgIpc) is 2.70. The Kier molecular flexibility index (Phi) is 3.73. The van der Waals surface area contributed by atoms with Gasteiger partial charge in [-0.3, -0.25) is 14.0 Å². The van der Waals surface area contributed by atoms with Crippen LogP contribution in [0.25, 0.3) is 0 Å². The van der Waals surface area contributed by atoms with Gasteiger partial charge in [-0.25, -0.2) is 4.98 Å². The van der Waals surface area contributed by atoms with Gasteiger partial charge in [0, 0.05) is 6.54 Å². The minimum Gasteiger partial charge on any atom is -0.292 e. The molecule has 0 fully saturated rings. The molecule has 0 atom stereocenters. The van der Waals surface area contributed by atoms with Gasteiger partial charge in [-0.05, 0) is 19.9 Å². The van der Waals surface area contributed by atoms with Crippen molar-refractivity contribution in [2.75, 3.05) is 0 Å². The number of rotatable bonds is 3. The largest absolute Gasteiger partial charge is 0.292 e. The van der Waals surface area contributed by atoms with E-state index in [1.807, 2.05) is 24.6 Å². The van der Waals surface area contributed by atoms with E-state index in [9.17, 15) is 4.79 Å². The Morgan fingerprint density at radius 3 is 2.78 bits per heavy atom. The van der Waals surface area contributed by atoms with E-state index in [2.05, 4.69) is 10.1 Å². The Morgan fingerprint density at radius 1 is 1.39 bits per heavy atom. The molecule has 2 rings (SSSR count). The van der Waals surface area contributed by atoms with Crippen molar-refractivity contribution in [1.29, 1.82) is 0 Å². The summed E-state index contributed by atoms with van der Waals surface area (Å²) in [5.74, 6) is 0. The van der Waals surface area contributed by atoms with Crippen molar-refractivity contribution in [2.45, 2.75) is 26.9 Å². The molecule has 2 aromatic heterocycles. The van der Waals surface area contributed by atoms with Crippen molar-refractivity contribution >= 4 is 23.2 Å². The van der Waals surface area contributed by atoms with E-state index in [1.54, 1.807) is 0 Å². The predicted octanol–water partition coefficient (Wildman–Crippen LogP) is 2.12. The van der Waals surface area contributed by atoms with E-state index < -0.39 is 0 Å². The summed E-state index contributed by atoms with van der Waals surface area (Å²) in [6.07, 6.45) is 1.39. The first-order valence-corrected chi connectivity index (χ1v) is 6.22. The lowest BCUT2D eigenvalue weighted by Gasteiger charge is -2.07. The maximum absolute atomic E-state index is 11.9. The summed E-state index contributed by atoms with van der Waals surface area (Å²) in [5, 5.41) is 4.29. The number of halogens is 2. The topological polar surface area (TPSA) is 52.7 Å². The Labute approximate surface area is 114 Å². The first-order chi connectivity index (χ1) is 8.52. The van der Waals surface area contributed by atoms with E-state index in [0.717, 1.165) is 17.9 Å². The number of aryl methyl sites for hydroxylation is 2. The summed E-state index contributed by atoms with van der Waals surface area (Å²) < 4.78 is 3.25. The first kappa shape index (κ1) is 13.1. The number of aromatic nitrogens is 4. The van der Waals surface area contributed by atoms with Crippen LogP contribution in [0.5, 0.6) is 0 Å². The minimum atomic E-state index is -0.349. The van der Waals surface area contributed by atoms with Crippen LogP contribution in [-0.4, -0.2) is 19.3 Å². The molecule has 0 aliphatic heterocycles. The second-order valence-electron chi connectivity index (χ2n) is 3.88. The quantitative estimate of drug-likeness (QED) is 0.812. The van der Waals surface area contributed by atoms with E-state index >= 15 is 0 Å². The van der Waals surface area contributed by atoms with E-state index in [0.29, 0.717) is 6.54 Å². The third-order valence-electron chi connectivity index (χ3n) is 2.56. The van der Waals surface area contributed by atoms with Crippen molar-refractivity contribution in [2.24, 2.45) is 0 Å². The first-order valence-electron chi connectivity index (χ1n) is 5.46. The number of hydrogen-bond donors (Lipinski definition) is 0. The van der Waals surface area contributed by atoms with Gasteiger partial charge in [0.15, 0.2) is 5.15 Å². The van der Waals surface area contributed by atoms with E-state index in [-0.39, 0.29) is 15.7 Å². The van der Waals surface area contributed by atoms with Crippen LogP contribution in [0.2, 0.25) is 10.2 Å². The van der Waals surface area contributed by atoms with Crippen LogP contribution >= 0.6 is 23.2 Å². The zero-order valence-electron chi connectivity index (χ0n) is 10.0. The molecule has 2 heterocycles. The molecule has 0 bridgehead atoms. The molecule has 0 aromatic carbocycles. The lowest BCUT2D eigenvalue weighted by Crippen LogP contribution is -2.23. The van der Waals surface area contributed by atoms with Gasteiger partial charge >= 0.3 is 0 Å². The number of nitrogens with zero attached hydrogens (tertiary/aromatic N) is 4. The van der Waals surface area contributed by atoms with Crippen LogP contribution in [0.1, 0.15) is 18.3 Å². The summed E-state index contributed by atoms with van der Waals surface area (Å²) in [5.41, 5.74) is 1.49. The molecule has 7 heteroatoms. The predicted molar refractivity (Wildman–Crippen MR) is 70.3 cm³/mol. The molecule has 0 saturated heterocycles. The molecule has 0 aliphatic carbocycles. The lowest BCUT2D eigenvalue weighted by molar-refractivity contribution is 0.588. The molecule has 0 unspecified atom stereocenters. The van der Waals surface area contributed by atoms with Crippen molar-refractivity contribution in [3.05, 3.63) is 44.3 Å². The van der Waals surface area contributed by atoms with E-state index in [4.69, 9.17) is 23.2 Å². The Morgan fingerprint density at radius 2 is 2.11 bits per heavy atom. The van der Waals surface area contributed by atoms with Crippen molar-refractivity contribution in [1.82, 2.24) is 19.3 Å². The molecule has 2 aromatic rings. The van der Waals surface area contributed by atoms with Gasteiger partial charge in [0.05, 0.1) is 24.3 Å². The highest BCUT2D eigenvalue weighted by atomic mass is 35.5. The molecule has 0 N–H and O–H groups in total. The summed E-state index contributed by atoms with van der Waals surface area (Å²) in [7, 11) is 0. The Hall–Kier alpha value is -1.33. The molecule has 0 aliphatic rings. The third kappa shape index (κ3) is 2.42. The average molecular weight is 287 g/mol. The second-order valence-corrected chi connectivity index (χ2v) is 4.61. The van der Waals surface area contributed by atoms with Crippen LogP contribution in [0, 0.1) is 6.92 Å². The van der Waals surface area contributed by atoms with Crippen LogP contribution in [0.15, 0.2) is 17.2 Å². The van der Waals surface area contributed by atoms with Crippen molar-refractivity contribution < 1.29 is 0 Å². The highest BCUT2D eigenvalue weighted by molar-refractivity contribution is 6.40. The fourth-order valence-electron chi connectivity index (χ4n) is 1.73. The highest BCUT2D eigenvalue weighted by Crippen LogP contribution is 2.13. The molecule has 0 radical (unpaired) electrons. The van der Waals surface area contributed by atoms with Gasteiger partial charge < -0.3 is 0 Å². The maximum atomic E-state index is 11.9. The summed E-state index contributed by atoms with van der Waals surface area (Å²) >= 11 is 11.5. The van der Waals surface area contributed by atoms with Crippen LogP contribution in [0.4, 0.5) is 0 Å². The van der Waals surface area contributed by atoms with Gasteiger partial charge in [0.25, 0.3) is 5.56 Å². The lowest BCUT2D eigenvalue weighted by atomic mass is 10.3. The monoisotopic (exact) mass is 286 g/mol. The van der Waals surface area contributed by atoms with Crippen molar-refractivity contribution in [3.63, 3.8) is 0 Å². The molecule has 5 nitrogen and oxygen atoms in total. The molecule has 96 valence electrons. The Balaban J connectivity index is 2.40. The molecule has 0 spiro atoms. The minimum absolute atomic E-state index is 0.0260. The fraction of sp³-hybridized carbons (Fsp3) is 0.364. The molecular formula is C11H12Cl2N4O. The van der Waals surface area contributed by atoms with Crippen LogP contribution in [-0.2, 0) is 13.1 Å². The summed E-state index contributed by atoms with van der Waals surface area (Å²) in [6, 6.07) is 1.93. The SMILES string of the molecule is CCn1nc(C)cc1Cn1cnc(Cl)c(Cl)c1=O. The zero-order valence-corrected chi connectivity index (χ0v) is 11.5. The van der Waals surface area contributed by atoms with Gasteiger partial charge in [-0.2, -0.15) is 5.10 Å². The molecule has 0 saturated carbocycles.